The highest BCUT2D eigenvalue weighted by atomic mass is 16.6. The number of hydrogen-bond donors (Lipinski definition) is 2. The molecule has 39 heavy (non-hydrogen) atoms. The molecular weight excluding hydrogens is 506 g/mol. The Hall–Kier alpha value is -3.44. The van der Waals surface area contributed by atoms with Crippen molar-refractivity contribution in [3.63, 3.8) is 0 Å². The summed E-state index contributed by atoms with van der Waals surface area (Å²) in [6.07, 6.45) is 5.83. The van der Waals surface area contributed by atoms with Crippen molar-refractivity contribution in [1.82, 2.24) is 4.90 Å². The van der Waals surface area contributed by atoms with Crippen LogP contribution in [0.3, 0.4) is 0 Å². The normalized spacial score (nSPS) is 23.5. The van der Waals surface area contributed by atoms with E-state index in [1.54, 1.807) is 42.2 Å². The summed E-state index contributed by atoms with van der Waals surface area (Å²) < 4.78 is 9.74. The molecule has 11 heteroatoms. The van der Waals surface area contributed by atoms with Crippen LogP contribution >= 0.6 is 0 Å². The molecule has 3 amide bonds. The number of carbonyl (C=O) groups is 4. The number of likely N-dealkylation sites (tertiary alicyclic amines) is 1. The van der Waals surface area contributed by atoms with Crippen molar-refractivity contribution >= 4 is 35.3 Å². The number of amides is 3. The minimum Gasteiger partial charge on any atom is -0.469 e. The average Bonchev–Trinajstić information content (AvgIpc) is 3.64. The van der Waals surface area contributed by atoms with Crippen molar-refractivity contribution in [2.24, 2.45) is 5.92 Å². The summed E-state index contributed by atoms with van der Waals surface area (Å²) in [5, 5.41) is 21.5. The second-order valence-corrected chi connectivity index (χ2v) is 10.2. The van der Waals surface area contributed by atoms with Crippen LogP contribution < -0.4 is 9.80 Å². The predicted octanol–water partition coefficient (Wildman–Crippen LogP) is 2.09. The van der Waals surface area contributed by atoms with Crippen molar-refractivity contribution in [2.75, 3.05) is 49.8 Å². The molecule has 3 atom stereocenters. The van der Waals surface area contributed by atoms with Crippen LogP contribution in [-0.2, 0) is 29.5 Å². The zero-order valence-electron chi connectivity index (χ0n) is 22.5. The Labute approximate surface area is 227 Å². The average molecular weight is 544 g/mol. The lowest BCUT2D eigenvalue weighted by Gasteiger charge is -2.28. The summed E-state index contributed by atoms with van der Waals surface area (Å²) in [6.45, 7) is 3.17. The highest BCUT2D eigenvalue weighted by Crippen LogP contribution is 2.47. The van der Waals surface area contributed by atoms with Crippen LogP contribution in [0.15, 0.2) is 30.4 Å². The second-order valence-electron chi connectivity index (χ2n) is 10.2. The number of nitrogens with zero attached hydrogens (tertiary/aromatic N) is 3. The first-order valence-corrected chi connectivity index (χ1v) is 13.5. The van der Waals surface area contributed by atoms with Crippen molar-refractivity contribution in [1.29, 1.82) is 0 Å². The summed E-state index contributed by atoms with van der Waals surface area (Å²) in [4.78, 5) is 54.7. The van der Waals surface area contributed by atoms with Gasteiger partial charge in [-0.1, -0.05) is 19.1 Å². The van der Waals surface area contributed by atoms with E-state index in [1.807, 2.05) is 0 Å². The van der Waals surface area contributed by atoms with Crippen LogP contribution in [0.5, 0.6) is 0 Å². The molecule has 3 heterocycles. The highest BCUT2D eigenvalue weighted by molar-refractivity contribution is 6.08. The number of methoxy groups -OCH3 is 1. The summed E-state index contributed by atoms with van der Waals surface area (Å²) in [6, 6.07) is 4.92. The third-order valence-electron chi connectivity index (χ3n) is 7.85. The zero-order valence-corrected chi connectivity index (χ0v) is 22.5. The van der Waals surface area contributed by atoms with Crippen molar-refractivity contribution in [3.05, 3.63) is 35.9 Å². The Balaban J connectivity index is 1.56. The molecule has 0 bridgehead atoms. The van der Waals surface area contributed by atoms with Gasteiger partial charge in [-0.15, -0.1) is 0 Å². The minimum absolute atomic E-state index is 0.0702. The maximum absolute atomic E-state index is 13.7. The monoisotopic (exact) mass is 543 g/mol. The summed E-state index contributed by atoms with van der Waals surface area (Å²) >= 11 is 0. The smallest absolute Gasteiger partial charge is 0.414 e. The Morgan fingerprint density at radius 2 is 2.05 bits per heavy atom. The molecule has 1 aromatic carbocycles. The highest BCUT2D eigenvalue weighted by Gasteiger charge is 2.52. The lowest BCUT2D eigenvalue weighted by molar-refractivity contribution is -0.140. The van der Waals surface area contributed by atoms with E-state index in [4.69, 9.17) is 4.74 Å². The number of rotatable bonds is 11. The van der Waals surface area contributed by atoms with E-state index in [0.29, 0.717) is 49.4 Å². The molecule has 4 rings (SSSR count). The molecule has 212 valence electrons. The van der Waals surface area contributed by atoms with Gasteiger partial charge in [-0.05, 0) is 43.9 Å². The van der Waals surface area contributed by atoms with Gasteiger partial charge in [-0.2, -0.15) is 0 Å². The third kappa shape index (κ3) is 5.65. The molecule has 3 aliphatic rings. The molecule has 0 saturated carbocycles. The predicted molar refractivity (Wildman–Crippen MR) is 142 cm³/mol. The number of esters is 1. The largest absolute Gasteiger partial charge is 0.469 e. The van der Waals surface area contributed by atoms with E-state index >= 15 is 0 Å². The molecule has 0 aliphatic carbocycles. The van der Waals surface area contributed by atoms with E-state index in [-0.39, 0.29) is 44.0 Å². The van der Waals surface area contributed by atoms with Gasteiger partial charge in [0.05, 0.1) is 32.0 Å². The molecule has 2 saturated heterocycles. The first kappa shape index (κ1) is 28.6. The fourth-order valence-corrected chi connectivity index (χ4v) is 5.58. The molecule has 3 aliphatic heterocycles. The number of ether oxygens (including phenoxy) is 2. The van der Waals surface area contributed by atoms with Crippen molar-refractivity contribution in [3.8, 4) is 0 Å². The zero-order chi connectivity index (χ0) is 28.2. The fraction of sp³-hybridized carbons (Fsp3) is 0.571. The lowest BCUT2D eigenvalue weighted by Crippen LogP contribution is -2.44. The van der Waals surface area contributed by atoms with Crippen LogP contribution in [0, 0.1) is 5.92 Å². The Bertz CT molecular complexity index is 1140. The van der Waals surface area contributed by atoms with E-state index in [0.717, 1.165) is 12.8 Å². The van der Waals surface area contributed by atoms with Crippen molar-refractivity contribution in [2.45, 2.75) is 57.1 Å². The first-order valence-electron chi connectivity index (χ1n) is 13.5. The number of carbonyl (C=O) groups excluding carboxylic acids is 4. The maximum atomic E-state index is 13.7. The molecule has 2 N–H and O–H groups in total. The Morgan fingerprint density at radius 3 is 2.74 bits per heavy atom. The van der Waals surface area contributed by atoms with Gasteiger partial charge in [0.2, 0.25) is 5.91 Å². The van der Waals surface area contributed by atoms with Gasteiger partial charge in [0.1, 0.15) is 6.61 Å². The molecule has 1 aromatic rings. The number of cyclic esters (lactones) is 1. The fourth-order valence-electron chi connectivity index (χ4n) is 5.58. The number of unbranched alkanes of at least 4 members (excludes halogenated alkanes) is 1. The summed E-state index contributed by atoms with van der Waals surface area (Å²) in [5.74, 6) is -1.62. The lowest BCUT2D eigenvalue weighted by atomic mass is 9.82. The van der Waals surface area contributed by atoms with Gasteiger partial charge in [-0.3, -0.25) is 19.3 Å². The molecular formula is C28H37N3O8. The SMILES string of the molecule is COC(=O)CCCCN1C(=O)[C@](O)([C@H](C)/C=C/CC(=O)N2CCC[C@H]2CO)c2cc(N3CCOC3=O)ccc21. The Kier molecular flexibility index (Phi) is 8.91. The van der Waals surface area contributed by atoms with Gasteiger partial charge < -0.3 is 29.5 Å². The molecule has 11 nitrogen and oxygen atoms in total. The molecule has 0 unspecified atom stereocenters. The van der Waals surface area contributed by atoms with Crippen LogP contribution in [0.25, 0.3) is 0 Å². The minimum atomic E-state index is -1.92. The van der Waals surface area contributed by atoms with Crippen molar-refractivity contribution < 1.29 is 38.9 Å². The first-order chi connectivity index (χ1) is 18.7. The number of hydrogen-bond acceptors (Lipinski definition) is 8. The molecule has 0 radical (unpaired) electrons. The van der Waals surface area contributed by atoms with E-state index in [2.05, 4.69) is 4.74 Å². The Morgan fingerprint density at radius 1 is 1.26 bits per heavy atom. The second kappa shape index (κ2) is 12.2. The van der Waals surface area contributed by atoms with Gasteiger partial charge in [-0.25, -0.2) is 4.79 Å². The third-order valence-corrected chi connectivity index (χ3v) is 7.85. The van der Waals surface area contributed by atoms with Crippen LogP contribution in [0.2, 0.25) is 0 Å². The van der Waals surface area contributed by atoms with Crippen LogP contribution in [0.4, 0.5) is 16.2 Å². The number of aliphatic hydroxyl groups is 2. The van der Waals surface area contributed by atoms with Gasteiger partial charge in [0.25, 0.3) is 5.91 Å². The van der Waals surface area contributed by atoms with E-state index in [9.17, 15) is 29.4 Å². The number of anilines is 2. The van der Waals surface area contributed by atoms with Gasteiger partial charge in [0, 0.05) is 43.1 Å². The molecule has 2 fully saturated rings. The molecule has 0 aromatic heterocycles. The summed E-state index contributed by atoms with van der Waals surface area (Å²) in [7, 11) is 1.33. The van der Waals surface area contributed by atoms with E-state index < -0.39 is 23.5 Å². The number of fused-ring (bicyclic) bond motifs is 1. The van der Waals surface area contributed by atoms with Crippen LogP contribution in [0.1, 0.15) is 51.0 Å². The molecule has 0 spiro atoms. The van der Waals surface area contributed by atoms with Gasteiger partial charge >= 0.3 is 12.1 Å². The van der Waals surface area contributed by atoms with E-state index in [1.165, 1.54) is 16.9 Å². The number of benzene rings is 1. The standard InChI is InChI=1S/C28H37N3O8/c1-19(7-5-9-24(33)29-14-6-8-21(29)18-32)28(37)22-17-20(30-15-16-39-27(30)36)11-12-23(22)31(26(28)35)13-4-3-10-25(34)38-2/h5,7,11-12,17,19,21,32,37H,3-4,6,8-10,13-16,18H2,1-2H3/b7-5+/t19-,21+,28+/m1/s1. The van der Waals surface area contributed by atoms with Crippen LogP contribution in [-0.4, -0.2) is 85.0 Å². The summed E-state index contributed by atoms with van der Waals surface area (Å²) in [5.41, 5.74) is -0.486. The maximum Gasteiger partial charge on any atom is 0.414 e. The van der Waals surface area contributed by atoms with Gasteiger partial charge in [0.15, 0.2) is 5.60 Å². The topological polar surface area (TPSA) is 137 Å². The number of aliphatic hydroxyl groups excluding tert-OH is 1. The quantitative estimate of drug-likeness (QED) is 0.246.